The van der Waals surface area contributed by atoms with E-state index in [0.29, 0.717) is 0 Å². The summed E-state index contributed by atoms with van der Waals surface area (Å²) in [5, 5.41) is 5.01. The maximum Gasteiger partial charge on any atom is 0.0601 e. The lowest BCUT2D eigenvalue weighted by Crippen LogP contribution is -2.35. The molecule has 0 N–H and O–H groups in total. The molecular weight excluding hydrogens is 921 g/mol. The maximum atomic E-state index is 2.61. The van der Waals surface area contributed by atoms with Crippen LogP contribution in [-0.4, -0.2) is 6.04 Å². The molecule has 2 aliphatic carbocycles. The molecule has 73 heavy (non-hydrogen) atoms. The zero-order chi connectivity index (χ0) is 48.4. The van der Waals surface area contributed by atoms with Crippen LogP contribution in [0.5, 0.6) is 0 Å². The predicted molar refractivity (Wildman–Crippen MR) is 310 cm³/mol. The molecule has 0 radical (unpaired) electrons. The Morgan fingerprint density at radius 2 is 0.986 bits per heavy atom. The van der Waals surface area contributed by atoms with E-state index in [1.54, 1.807) is 0 Å². The van der Waals surface area contributed by atoms with Gasteiger partial charge in [-0.25, -0.2) is 0 Å². The van der Waals surface area contributed by atoms with Gasteiger partial charge in [-0.2, -0.15) is 0 Å². The quantitative estimate of drug-likeness (QED) is 0.169. The summed E-state index contributed by atoms with van der Waals surface area (Å²) in [4.78, 5) is 10.2. The Balaban J connectivity index is 0.978. The molecule has 4 aliphatic rings. The summed E-state index contributed by atoms with van der Waals surface area (Å²) in [6.45, 7) is 4.71. The van der Waals surface area contributed by atoms with Crippen LogP contribution in [-0.2, 0) is 11.8 Å². The lowest BCUT2D eigenvalue weighted by Gasteiger charge is -2.40. The standard InChI is InChI=1S/C69H48N2S2/c1-69(2)57-21-6-5-19-50(57)54-40-46(34-39-58(54)69)43-30-32-45(33-31-43)67-52-37-35-48(71-61-24-9-13-28-65(61)73-66-29-14-10-25-62(66)71)42-56(52)68(51-20-15-17-44-16-3-4-18-49(44)51)53-38-36-47(41-55(53)67)70-59-22-7-11-26-63(59)72-64-27-12-8-23-60(64)70/h3-41,48H,42H2,1-2H3. The fraction of sp³-hybridized carbons (Fsp3) is 0.0725. The largest absolute Gasteiger partial charge is 0.332 e. The van der Waals surface area contributed by atoms with E-state index < -0.39 is 0 Å². The lowest BCUT2D eigenvalue weighted by atomic mass is 9.78. The molecule has 11 aromatic carbocycles. The molecule has 1 unspecified atom stereocenters. The normalized spacial score (nSPS) is 15.5. The van der Waals surface area contributed by atoms with Crippen LogP contribution in [0.15, 0.2) is 250 Å². The van der Waals surface area contributed by atoms with Crippen LogP contribution in [0.1, 0.15) is 36.1 Å². The minimum atomic E-state index is -0.0328. The highest BCUT2D eigenvalue weighted by atomic mass is 32.2. The van der Waals surface area contributed by atoms with Crippen molar-refractivity contribution >= 4 is 79.6 Å². The summed E-state index contributed by atoms with van der Waals surface area (Å²) in [5.74, 6) is 0. The highest BCUT2D eigenvalue weighted by Crippen LogP contribution is 2.56. The topological polar surface area (TPSA) is 6.48 Å². The van der Waals surface area contributed by atoms with Crippen LogP contribution in [0.25, 0.3) is 72.1 Å². The molecule has 0 amide bonds. The molecule has 0 saturated carbocycles. The van der Waals surface area contributed by atoms with E-state index >= 15 is 0 Å². The third-order valence-corrected chi connectivity index (χ3v) is 18.2. The van der Waals surface area contributed by atoms with Gasteiger partial charge in [0.1, 0.15) is 0 Å². The molecule has 0 saturated heterocycles. The van der Waals surface area contributed by atoms with Gasteiger partial charge in [0, 0.05) is 30.7 Å². The Morgan fingerprint density at radius 1 is 0.425 bits per heavy atom. The van der Waals surface area contributed by atoms with Crippen LogP contribution in [0.4, 0.5) is 28.4 Å². The Morgan fingerprint density at radius 3 is 1.71 bits per heavy atom. The highest BCUT2D eigenvalue weighted by Gasteiger charge is 2.36. The van der Waals surface area contributed by atoms with Crippen molar-refractivity contribution in [1.29, 1.82) is 0 Å². The van der Waals surface area contributed by atoms with Crippen LogP contribution in [0.2, 0.25) is 0 Å². The van der Waals surface area contributed by atoms with Gasteiger partial charge in [0.15, 0.2) is 0 Å². The smallest absolute Gasteiger partial charge is 0.0601 e. The zero-order valence-electron chi connectivity index (χ0n) is 40.5. The third-order valence-electron chi connectivity index (χ3n) is 16.0. The molecule has 0 spiro atoms. The molecule has 2 aliphatic heterocycles. The Hall–Kier alpha value is -8.02. The minimum Gasteiger partial charge on any atom is -0.332 e. The van der Waals surface area contributed by atoms with Crippen molar-refractivity contribution < 1.29 is 0 Å². The number of hydrogen-bond acceptors (Lipinski definition) is 4. The van der Waals surface area contributed by atoms with Crippen molar-refractivity contribution in [3.63, 3.8) is 0 Å². The van der Waals surface area contributed by atoms with Crippen LogP contribution in [0, 0.1) is 0 Å². The summed E-state index contributed by atoms with van der Waals surface area (Å²) in [7, 11) is 0. The van der Waals surface area contributed by atoms with Crippen molar-refractivity contribution in [3.8, 4) is 44.5 Å². The SMILES string of the molecule is CC1(C)c2ccccc2-c2cc(-c3ccc(-c4c5c(c(-c6cccc7ccccc67)c6ccc(N7c8ccccc8Sc8ccccc87)cc46)CC(N4c6ccccc6Sc6ccccc64)C=C5)cc3)ccc21. The average Bonchev–Trinajstić information content (AvgIpc) is 3.68. The van der Waals surface area contributed by atoms with Crippen molar-refractivity contribution in [2.45, 2.75) is 51.3 Å². The summed E-state index contributed by atoms with van der Waals surface area (Å²) >= 11 is 3.73. The second-order valence-electron chi connectivity index (χ2n) is 20.3. The number of nitrogens with zero attached hydrogens (tertiary/aromatic N) is 2. The van der Waals surface area contributed by atoms with Crippen molar-refractivity contribution in [3.05, 3.63) is 253 Å². The van der Waals surface area contributed by atoms with E-state index in [2.05, 4.69) is 260 Å². The summed E-state index contributed by atoms with van der Waals surface area (Å²) < 4.78 is 0. The number of para-hydroxylation sites is 4. The van der Waals surface area contributed by atoms with Gasteiger partial charge < -0.3 is 9.80 Å². The molecule has 2 nitrogen and oxygen atoms in total. The number of hydrogen-bond donors (Lipinski definition) is 0. The van der Waals surface area contributed by atoms with E-state index in [4.69, 9.17) is 0 Å². The zero-order valence-corrected chi connectivity index (χ0v) is 42.1. The second-order valence-corrected chi connectivity index (χ2v) is 22.5. The first-order valence-corrected chi connectivity index (χ1v) is 27.0. The second kappa shape index (κ2) is 16.5. The van der Waals surface area contributed by atoms with Crippen LogP contribution < -0.4 is 9.80 Å². The molecule has 2 heterocycles. The first-order chi connectivity index (χ1) is 36.0. The number of anilines is 5. The van der Waals surface area contributed by atoms with Crippen molar-refractivity contribution in [1.82, 2.24) is 0 Å². The molecule has 4 heteroatoms. The summed E-state index contributed by atoms with van der Waals surface area (Å²) in [6, 6.07) is 84.3. The van der Waals surface area contributed by atoms with Gasteiger partial charge in [-0.3, -0.25) is 0 Å². The molecular formula is C69H48N2S2. The highest BCUT2D eigenvalue weighted by molar-refractivity contribution is 8.00. The maximum absolute atomic E-state index is 2.61. The monoisotopic (exact) mass is 968 g/mol. The van der Waals surface area contributed by atoms with Gasteiger partial charge >= 0.3 is 0 Å². The fourth-order valence-corrected chi connectivity index (χ4v) is 14.7. The van der Waals surface area contributed by atoms with E-state index in [1.807, 2.05) is 23.5 Å². The Labute approximate surface area is 435 Å². The molecule has 0 aromatic heterocycles. The molecule has 0 bridgehead atoms. The van der Waals surface area contributed by atoms with Gasteiger partial charge in [0.05, 0.1) is 28.8 Å². The Kier molecular flexibility index (Phi) is 9.64. The minimum absolute atomic E-state index is 0.0328. The molecule has 1 atom stereocenters. The number of benzene rings is 11. The third kappa shape index (κ3) is 6.60. The van der Waals surface area contributed by atoms with E-state index in [9.17, 15) is 0 Å². The molecule has 346 valence electrons. The molecule has 15 rings (SSSR count). The molecule has 11 aromatic rings. The average molecular weight is 969 g/mol. The van der Waals surface area contributed by atoms with Gasteiger partial charge in [-0.05, 0) is 161 Å². The van der Waals surface area contributed by atoms with E-state index in [-0.39, 0.29) is 11.5 Å². The first-order valence-electron chi connectivity index (χ1n) is 25.4. The van der Waals surface area contributed by atoms with E-state index in [0.717, 1.165) is 12.1 Å². The lowest BCUT2D eigenvalue weighted by molar-refractivity contribution is 0.660. The summed E-state index contributed by atoms with van der Waals surface area (Å²) in [6.07, 6.45) is 5.80. The van der Waals surface area contributed by atoms with Crippen LogP contribution >= 0.6 is 23.5 Å². The van der Waals surface area contributed by atoms with Crippen LogP contribution in [0.3, 0.4) is 0 Å². The fourth-order valence-electron chi connectivity index (χ4n) is 12.6. The van der Waals surface area contributed by atoms with E-state index in [1.165, 1.54) is 131 Å². The predicted octanol–water partition coefficient (Wildman–Crippen LogP) is 19.5. The number of rotatable bonds is 5. The first kappa shape index (κ1) is 42.6. The van der Waals surface area contributed by atoms with Gasteiger partial charge in [0.2, 0.25) is 0 Å². The van der Waals surface area contributed by atoms with Crippen molar-refractivity contribution in [2.75, 3.05) is 9.80 Å². The van der Waals surface area contributed by atoms with Crippen molar-refractivity contribution in [2.24, 2.45) is 0 Å². The summed E-state index contributed by atoms with van der Waals surface area (Å²) in [5.41, 5.74) is 21.7. The number of fused-ring (bicyclic) bond motifs is 10. The van der Waals surface area contributed by atoms with Gasteiger partial charge in [0.25, 0.3) is 0 Å². The molecule has 0 fully saturated rings. The van der Waals surface area contributed by atoms with Gasteiger partial charge in [-0.1, -0.05) is 207 Å². The van der Waals surface area contributed by atoms with Gasteiger partial charge in [-0.15, -0.1) is 0 Å². The Bertz CT molecular complexity index is 4030.